The van der Waals surface area contributed by atoms with Crippen molar-refractivity contribution in [3.05, 3.63) is 29.1 Å². The number of hydrogen-bond acceptors (Lipinski definition) is 2. The van der Waals surface area contributed by atoms with E-state index in [9.17, 15) is 0 Å². The molecule has 1 atom stereocenters. The predicted octanol–water partition coefficient (Wildman–Crippen LogP) is 3.40. The SMILES string of the molecule is CCCNC(c1cc(C)nc(C)c1)C(C)C. The van der Waals surface area contributed by atoms with Crippen molar-refractivity contribution in [3.8, 4) is 0 Å². The lowest BCUT2D eigenvalue weighted by Gasteiger charge is -2.23. The molecule has 0 fully saturated rings. The van der Waals surface area contributed by atoms with Crippen molar-refractivity contribution in [2.45, 2.75) is 47.1 Å². The number of pyridine rings is 1. The van der Waals surface area contributed by atoms with Gasteiger partial charge in [0.05, 0.1) is 0 Å². The van der Waals surface area contributed by atoms with Gasteiger partial charge in [-0.1, -0.05) is 20.8 Å². The number of nitrogens with zero attached hydrogens (tertiary/aromatic N) is 1. The molecule has 1 aromatic rings. The first kappa shape index (κ1) is 13.2. The summed E-state index contributed by atoms with van der Waals surface area (Å²) < 4.78 is 0. The zero-order valence-electron chi connectivity index (χ0n) is 11.2. The summed E-state index contributed by atoms with van der Waals surface area (Å²) in [6, 6.07) is 4.83. The molecule has 0 aliphatic rings. The second-order valence-electron chi connectivity index (χ2n) is 4.86. The molecule has 2 heteroatoms. The van der Waals surface area contributed by atoms with Gasteiger partial charge in [0.2, 0.25) is 0 Å². The van der Waals surface area contributed by atoms with Crippen LogP contribution in [0.1, 0.15) is 50.2 Å². The van der Waals surface area contributed by atoms with Crippen molar-refractivity contribution in [3.63, 3.8) is 0 Å². The lowest BCUT2D eigenvalue weighted by molar-refractivity contribution is 0.412. The van der Waals surface area contributed by atoms with Crippen molar-refractivity contribution in [2.24, 2.45) is 5.92 Å². The van der Waals surface area contributed by atoms with E-state index in [1.165, 1.54) is 12.0 Å². The van der Waals surface area contributed by atoms with E-state index in [1.54, 1.807) is 0 Å². The van der Waals surface area contributed by atoms with E-state index >= 15 is 0 Å². The van der Waals surface area contributed by atoms with Crippen LogP contribution in [0.4, 0.5) is 0 Å². The first-order valence-corrected chi connectivity index (χ1v) is 6.23. The second kappa shape index (κ2) is 6.00. The highest BCUT2D eigenvalue weighted by Crippen LogP contribution is 2.22. The third-order valence-corrected chi connectivity index (χ3v) is 2.74. The van der Waals surface area contributed by atoms with E-state index < -0.39 is 0 Å². The third-order valence-electron chi connectivity index (χ3n) is 2.74. The molecule has 90 valence electrons. The summed E-state index contributed by atoms with van der Waals surface area (Å²) in [6.45, 7) is 11.9. The minimum atomic E-state index is 0.445. The van der Waals surface area contributed by atoms with Gasteiger partial charge in [-0.2, -0.15) is 0 Å². The molecule has 1 aromatic heterocycles. The Kier molecular flexibility index (Phi) is 4.94. The van der Waals surface area contributed by atoms with Gasteiger partial charge in [0.25, 0.3) is 0 Å². The number of nitrogens with one attached hydrogen (secondary N) is 1. The van der Waals surface area contributed by atoms with Crippen molar-refractivity contribution in [2.75, 3.05) is 6.54 Å². The van der Waals surface area contributed by atoms with Gasteiger partial charge in [-0.3, -0.25) is 4.98 Å². The van der Waals surface area contributed by atoms with Crippen LogP contribution in [0.3, 0.4) is 0 Å². The minimum Gasteiger partial charge on any atom is -0.310 e. The van der Waals surface area contributed by atoms with E-state index in [0.29, 0.717) is 12.0 Å². The first-order chi connectivity index (χ1) is 7.54. The molecule has 16 heavy (non-hydrogen) atoms. The number of rotatable bonds is 5. The van der Waals surface area contributed by atoms with Crippen LogP contribution < -0.4 is 5.32 Å². The molecule has 0 spiro atoms. The van der Waals surface area contributed by atoms with Gasteiger partial charge in [0.15, 0.2) is 0 Å². The molecule has 0 aliphatic heterocycles. The highest BCUT2D eigenvalue weighted by atomic mass is 14.9. The van der Waals surface area contributed by atoms with E-state index in [2.05, 4.69) is 57.1 Å². The van der Waals surface area contributed by atoms with Gasteiger partial charge >= 0.3 is 0 Å². The molecular formula is C14H24N2. The van der Waals surface area contributed by atoms with Crippen LogP contribution in [0.25, 0.3) is 0 Å². The fourth-order valence-corrected chi connectivity index (χ4v) is 2.08. The Labute approximate surface area is 99.5 Å². The van der Waals surface area contributed by atoms with Crippen molar-refractivity contribution in [1.29, 1.82) is 0 Å². The Balaban J connectivity index is 2.91. The van der Waals surface area contributed by atoms with Crippen LogP contribution in [0.15, 0.2) is 12.1 Å². The monoisotopic (exact) mass is 220 g/mol. The lowest BCUT2D eigenvalue weighted by Crippen LogP contribution is -2.26. The minimum absolute atomic E-state index is 0.445. The Morgan fingerprint density at radius 2 is 1.75 bits per heavy atom. The van der Waals surface area contributed by atoms with E-state index in [0.717, 1.165) is 17.9 Å². The molecule has 1 unspecified atom stereocenters. The molecule has 2 nitrogen and oxygen atoms in total. The zero-order valence-corrected chi connectivity index (χ0v) is 11.2. The van der Waals surface area contributed by atoms with Gasteiger partial charge < -0.3 is 5.32 Å². The smallest absolute Gasteiger partial charge is 0.0379 e. The second-order valence-corrected chi connectivity index (χ2v) is 4.86. The van der Waals surface area contributed by atoms with Crippen LogP contribution in [0, 0.1) is 19.8 Å². The maximum Gasteiger partial charge on any atom is 0.0379 e. The normalized spacial score (nSPS) is 13.1. The van der Waals surface area contributed by atoms with Crippen LogP contribution >= 0.6 is 0 Å². The lowest BCUT2D eigenvalue weighted by atomic mass is 9.95. The summed E-state index contributed by atoms with van der Waals surface area (Å²) in [4.78, 5) is 4.43. The number of aryl methyl sites for hydroxylation is 2. The van der Waals surface area contributed by atoms with Crippen molar-refractivity contribution < 1.29 is 0 Å². The quantitative estimate of drug-likeness (QED) is 0.822. The Morgan fingerprint density at radius 1 is 1.19 bits per heavy atom. The van der Waals surface area contributed by atoms with Crippen LogP contribution in [-0.4, -0.2) is 11.5 Å². The molecule has 0 saturated carbocycles. The summed E-state index contributed by atoms with van der Waals surface area (Å²) in [6.07, 6.45) is 1.17. The summed E-state index contributed by atoms with van der Waals surface area (Å²) in [5.74, 6) is 0.604. The molecule has 1 heterocycles. The number of hydrogen-bond donors (Lipinski definition) is 1. The van der Waals surface area contributed by atoms with E-state index in [1.807, 2.05) is 0 Å². The molecule has 1 N–H and O–H groups in total. The van der Waals surface area contributed by atoms with Gasteiger partial charge in [0.1, 0.15) is 0 Å². The largest absolute Gasteiger partial charge is 0.310 e. The topological polar surface area (TPSA) is 24.9 Å². The molecule has 1 rings (SSSR count). The zero-order chi connectivity index (χ0) is 12.1. The van der Waals surface area contributed by atoms with Crippen LogP contribution in [0.2, 0.25) is 0 Å². The fourth-order valence-electron chi connectivity index (χ4n) is 2.08. The number of aromatic nitrogens is 1. The summed E-state index contributed by atoms with van der Waals surface area (Å²) in [5, 5.41) is 3.61. The highest BCUT2D eigenvalue weighted by molar-refractivity contribution is 5.24. The third kappa shape index (κ3) is 3.60. The van der Waals surface area contributed by atoms with Crippen LogP contribution in [-0.2, 0) is 0 Å². The highest BCUT2D eigenvalue weighted by Gasteiger charge is 2.15. The van der Waals surface area contributed by atoms with Crippen molar-refractivity contribution in [1.82, 2.24) is 10.3 Å². The Hall–Kier alpha value is -0.890. The maximum atomic E-state index is 4.43. The Bertz CT molecular complexity index is 311. The summed E-state index contributed by atoms with van der Waals surface area (Å²) in [5.41, 5.74) is 3.59. The summed E-state index contributed by atoms with van der Waals surface area (Å²) in [7, 11) is 0. The van der Waals surface area contributed by atoms with E-state index in [4.69, 9.17) is 0 Å². The molecular weight excluding hydrogens is 196 g/mol. The molecule has 0 bridgehead atoms. The van der Waals surface area contributed by atoms with Crippen LogP contribution in [0.5, 0.6) is 0 Å². The fraction of sp³-hybridized carbons (Fsp3) is 0.643. The van der Waals surface area contributed by atoms with E-state index in [-0.39, 0.29) is 0 Å². The predicted molar refractivity (Wildman–Crippen MR) is 69.6 cm³/mol. The molecule has 0 saturated heterocycles. The van der Waals surface area contributed by atoms with Gasteiger partial charge in [-0.15, -0.1) is 0 Å². The molecule has 0 amide bonds. The average molecular weight is 220 g/mol. The van der Waals surface area contributed by atoms with Gasteiger partial charge in [-0.05, 0) is 50.4 Å². The Morgan fingerprint density at radius 3 is 2.19 bits per heavy atom. The maximum absolute atomic E-state index is 4.43. The average Bonchev–Trinajstić information content (AvgIpc) is 2.16. The molecule has 0 radical (unpaired) electrons. The standard InChI is InChI=1S/C14H24N2/c1-6-7-15-14(10(2)3)13-8-11(4)16-12(5)9-13/h8-10,14-15H,6-7H2,1-5H3. The van der Waals surface area contributed by atoms with Crippen molar-refractivity contribution >= 4 is 0 Å². The van der Waals surface area contributed by atoms with Gasteiger partial charge in [-0.25, -0.2) is 0 Å². The molecule has 0 aromatic carbocycles. The van der Waals surface area contributed by atoms with Gasteiger partial charge in [0, 0.05) is 17.4 Å². The summed E-state index contributed by atoms with van der Waals surface area (Å²) >= 11 is 0. The first-order valence-electron chi connectivity index (χ1n) is 6.23. The molecule has 0 aliphatic carbocycles.